The first-order chi connectivity index (χ1) is 11.0. The van der Waals surface area contributed by atoms with Crippen molar-refractivity contribution in [2.45, 2.75) is 0 Å². The number of carbonyl (C=O) groups is 3. The third-order valence-corrected chi connectivity index (χ3v) is 1.82. The number of carboxylic acids is 1. The van der Waals surface area contributed by atoms with E-state index in [4.69, 9.17) is 14.6 Å². The molecule has 0 amide bonds. The summed E-state index contributed by atoms with van der Waals surface area (Å²) in [5, 5.41) is 7.60. The highest BCUT2D eigenvalue weighted by molar-refractivity contribution is 5.81. The topological polar surface area (TPSA) is 108 Å². The minimum atomic E-state index is -0.981. The van der Waals surface area contributed by atoms with Gasteiger partial charge < -0.3 is 24.1 Å². The molecule has 0 aromatic rings. The molecule has 0 aromatic heterocycles. The van der Waals surface area contributed by atoms with Crippen LogP contribution in [0.15, 0.2) is 38.0 Å². The maximum Gasteiger partial charge on any atom is 0.330 e. The summed E-state index contributed by atoms with van der Waals surface area (Å²) in [5.41, 5.74) is 0. The molecule has 0 atom stereocenters. The number of aliphatic carboxylic acids is 1. The molecule has 0 saturated heterocycles. The molecule has 1 N–H and O–H groups in total. The van der Waals surface area contributed by atoms with Crippen molar-refractivity contribution in [3.63, 3.8) is 0 Å². The lowest BCUT2D eigenvalue weighted by Crippen LogP contribution is -2.13. The maximum atomic E-state index is 10.6. The first kappa shape index (κ1) is 22.8. The van der Waals surface area contributed by atoms with Crippen LogP contribution in [0.4, 0.5) is 0 Å². The van der Waals surface area contributed by atoms with Crippen molar-refractivity contribution in [2.75, 3.05) is 39.6 Å². The Morgan fingerprint density at radius 3 is 1.26 bits per heavy atom. The first-order valence-electron chi connectivity index (χ1n) is 6.57. The maximum absolute atomic E-state index is 10.6. The van der Waals surface area contributed by atoms with E-state index in [9.17, 15) is 14.4 Å². The molecule has 0 fully saturated rings. The molecule has 0 radical (unpaired) electrons. The van der Waals surface area contributed by atoms with E-state index in [0.717, 1.165) is 18.2 Å². The van der Waals surface area contributed by atoms with Crippen molar-refractivity contribution in [3.8, 4) is 0 Å². The average molecular weight is 330 g/mol. The predicted molar refractivity (Wildman–Crippen MR) is 81.8 cm³/mol. The zero-order valence-electron chi connectivity index (χ0n) is 12.9. The molecule has 0 aliphatic rings. The number of rotatable bonds is 12. The summed E-state index contributed by atoms with van der Waals surface area (Å²) < 4.78 is 19.6. The Hall–Kier alpha value is -2.45. The van der Waals surface area contributed by atoms with E-state index in [-0.39, 0.29) is 13.2 Å². The number of hydrogen-bond donors (Lipinski definition) is 1. The summed E-state index contributed by atoms with van der Waals surface area (Å²) in [7, 11) is 0. The lowest BCUT2D eigenvalue weighted by Gasteiger charge is -2.06. The molecule has 0 aliphatic carbocycles. The number of carbonyl (C=O) groups excluding carboxylic acids is 2. The molecule has 0 bridgehead atoms. The van der Waals surface area contributed by atoms with Gasteiger partial charge in [-0.2, -0.15) is 0 Å². The van der Waals surface area contributed by atoms with Gasteiger partial charge in [-0.15, -0.1) is 0 Å². The highest BCUT2D eigenvalue weighted by Gasteiger charge is 1.96. The number of carboxylic acid groups (broad SMARTS) is 1. The largest absolute Gasteiger partial charge is 0.478 e. The molecule has 0 aliphatic heterocycles. The van der Waals surface area contributed by atoms with Gasteiger partial charge in [-0.05, 0) is 0 Å². The Morgan fingerprint density at radius 1 is 0.696 bits per heavy atom. The molecule has 8 nitrogen and oxygen atoms in total. The van der Waals surface area contributed by atoms with Crippen LogP contribution >= 0.6 is 0 Å². The summed E-state index contributed by atoms with van der Waals surface area (Å²) in [5.74, 6) is -1.93. The fourth-order valence-electron chi connectivity index (χ4n) is 0.842. The summed E-state index contributed by atoms with van der Waals surface area (Å²) in [4.78, 5) is 30.5. The fourth-order valence-corrected chi connectivity index (χ4v) is 0.842. The Bertz CT molecular complexity index is 361. The number of ether oxygens (including phenoxy) is 4. The minimum absolute atomic E-state index is 0.182. The van der Waals surface area contributed by atoms with E-state index in [1.807, 2.05) is 0 Å². The zero-order chi connectivity index (χ0) is 17.9. The third kappa shape index (κ3) is 22.0. The fraction of sp³-hybridized carbons (Fsp3) is 0.400. The Morgan fingerprint density at radius 2 is 1.00 bits per heavy atom. The van der Waals surface area contributed by atoms with Crippen molar-refractivity contribution in [3.05, 3.63) is 38.0 Å². The van der Waals surface area contributed by atoms with Gasteiger partial charge in [-0.3, -0.25) is 0 Å². The van der Waals surface area contributed by atoms with Crippen LogP contribution in [0.25, 0.3) is 0 Å². The number of hydrogen-bond acceptors (Lipinski definition) is 7. The third-order valence-electron chi connectivity index (χ3n) is 1.82. The SMILES string of the molecule is C=CC(=O)O.C=CC(=O)OCCOCCOCCOC(=O)C=C. The summed E-state index contributed by atoms with van der Waals surface area (Å²) >= 11 is 0. The van der Waals surface area contributed by atoms with Crippen molar-refractivity contribution >= 4 is 17.9 Å². The zero-order valence-corrected chi connectivity index (χ0v) is 12.9. The van der Waals surface area contributed by atoms with Gasteiger partial charge in [0.15, 0.2) is 0 Å². The van der Waals surface area contributed by atoms with E-state index < -0.39 is 17.9 Å². The predicted octanol–water partition coefficient (Wildman–Crippen LogP) is 0.735. The highest BCUT2D eigenvalue weighted by Crippen LogP contribution is 1.84. The Labute approximate surface area is 135 Å². The van der Waals surface area contributed by atoms with Crippen LogP contribution in [-0.4, -0.2) is 62.7 Å². The van der Waals surface area contributed by atoms with Crippen molar-refractivity contribution in [1.29, 1.82) is 0 Å². The van der Waals surface area contributed by atoms with Crippen LogP contribution in [0.3, 0.4) is 0 Å². The summed E-state index contributed by atoms with van der Waals surface area (Å²) in [6.07, 6.45) is 3.02. The molecule has 8 heteroatoms. The summed E-state index contributed by atoms with van der Waals surface area (Å²) in [6, 6.07) is 0. The number of esters is 2. The van der Waals surface area contributed by atoms with E-state index in [1.54, 1.807) is 0 Å². The second-order valence-electron chi connectivity index (χ2n) is 3.51. The minimum Gasteiger partial charge on any atom is -0.478 e. The van der Waals surface area contributed by atoms with E-state index in [2.05, 4.69) is 29.2 Å². The molecule has 0 heterocycles. The van der Waals surface area contributed by atoms with Crippen LogP contribution in [0, 0.1) is 0 Å². The average Bonchev–Trinajstić information content (AvgIpc) is 2.56. The van der Waals surface area contributed by atoms with Crippen molar-refractivity contribution in [1.82, 2.24) is 0 Å². The Balaban J connectivity index is 0. The van der Waals surface area contributed by atoms with Gasteiger partial charge in [-0.1, -0.05) is 19.7 Å². The van der Waals surface area contributed by atoms with E-state index in [0.29, 0.717) is 26.4 Å². The highest BCUT2D eigenvalue weighted by atomic mass is 16.6. The monoisotopic (exact) mass is 330 g/mol. The molecule has 0 rings (SSSR count). The van der Waals surface area contributed by atoms with Crippen molar-refractivity contribution < 1.29 is 38.4 Å². The lowest BCUT2D eigenvalue weighted by molar-refractivity contribution is -0.141. The first-order valence-corrected chi connectivity index (χ1v) is 6.57. The van der Waals surface area contributed by atoms with Gasteiger partial charge >= 0.3 is 17.9 Å². The van der Waals surface area contributed by atoms with Gasteiger partial charge in [-0.25, -0.2) is 14.4 Å². The standard InChI is InChI=1S/C12H18O6.C3H4O2/c1-3-11(13)17-9-7-15-5-6-16-8-10-18-12(14)4-2;1-2-3(4)5/h3-4H,1-2,5-10H2;2H,1H2,(H,4,5). The normalized spacial score (nSPS) is 8.87. The quantitative estimate of drug-likeness (QED) is 0.317. The van der Waals surface area contributed by atoms with Crippen LogP contribution in [0.1, 0.15) is 0 Å². The molecule has 130 valence electrons. The molecule has 0 saturated carbocycles. The van der Waals surface area contributed by atoms with Crippen LogP contribution in [-0.2, 0) is 33.3 Å². The van der Waals surface area contributed by atoms with Crippen molar-refractivity contribution in [2.24, 2.45) is 0 Å². The lowest BCUT2D eigenvalue weighted by atomic mass is 10.6. The van der Waals surface area contributed by atoms with Crippen LogP contribution in [0.5, 0.6) is 0 Å². The van der Waals surface area contributed by atoms with Crippen LogP contribution in [0.2, 0.25) is 0 Å². The smallest absolute Gasteiger partial charge is 0.330 e. The molecule has 0 spiro atoms. The second kappa shape index (κ2) is 17.6. The van der Waals surface area contributed by atoms with E-state index >= 15 is 0 Å². The Kier molecular flexibility index (Phi) is 17.5. The molecule has 23 heavy (non-hydrogen) atoms. The van der Waals surface area contributed by atoms with Gasteiger partial charge in [0.05, 0.1) is 26.4 Å². The second-order valence-corrected chi connectivity index (χ2v) is 3.51. The molecular weight excluding hydrogens is 308 g/mol. The van der Waals surface area contributed by atoms with Gasteiger partial charge in [0, 0.05) is 18.2 Å². The molecular formula is C15H22O8. The van der Waals surface area contributed by atoms with Gasteiger partial charge in [0.1, 0.15) is 13.2 Å². The van der Waals surface area contributed by atoms with E-state index in [1.165, 1.54) is 0 Å². The van der Waals surface area contributed by atoms with Gasteiger partial charge in [0.25, 0.3) is 0 Å². The molecule has 0 unspecified atom stereocenters. The summed E-state index contributed by atoms with van der Waals surface area (Å²) in [6.45, 7) is 11.2. The molecule has 0 aromatic carbocycles. The van der Waals surface area contributed by atoms with Gasteiger partial charge in [0.2, 0.25) is 0 Å². The van der Waals surface area contributed by atoms with Crippen LogP contribution < -0.4 is 0 Å².